The van der Waals surface area contributed by atoms with Crippen molar-refractivity contribution >= 4 is 23.4 Å². The third-order valence-corrected chi connectivity index (χ3v) is 2.10. The van der Waals surface area contributed by atoms with Gasteiger partial charge in [0.25, 0.3) is 0 Å². The largest absolute Gasteiger partial charge is 0.495 e. The Bertz CT molecular complexity index is 400. The number of halogens is 1. The zero-order chi connectivity index (χ0) is 11.4. The lowest BCUT2D eigenvalue weighted by Crippen LogP contribution is -2.07. The predicted octanol–water partition coefficient (Wildman–Crippen LogP) is 2.01. The average molecular weight is 229 g/mol. The number of carboxylic acid groups (broad SMARTS) is 1. The Hall–Kier alpha value is -1.55. The average Bonchev–Trinajstić information content (AvgIpc) is 2.17. The third-order valence-electron chi connectivity index (χ3n) is 1.78. The summed E-state index contributed by atoms with van der Waals surface area (Å²) >= 11 is 5.75. The second-order valence-electron chi connectivity index (χ2n) is 2.84. The topological polar surface area (TPSA) is 63.6 Å². The molecule has 4 nitrogen and oxygen atoms in total. The summed E-state index contributed by atoms with van der Waals surface area (Å²) in [5.41, 5.74) is 0.277. The molecule has 0 aliphatic heterocycles. The molecule has 1 N–H and O–H groups in total. The van der Waals surface area contributed by atoms with Crippen LogP contribution < -0.4 is 4.74 Å². The first kappa shape index (κ1) is 11.5. The first-order valence-corrected chi connectivity index (χ1v) is 4.51. The minimum atomic E-state index is -1.16. The summed E-state index contributed by atoms with van der Waals surface area (Å²) in [6, 6.07) is 4.39. The highest BCUT2D eigenvalue weighted by molar-refractivity contribution is 6.32. The van der Waals surface area contributed by atoms with E-state index in [0.717, 1.165) is 0 Å². The molecule has 0 spiro atoms. The fourth-order valence-electron chi connectivity index (χ4n) is 1.07. The predicted molar refractivity (Wildman–Crippen MR) is 54.6 cm³/mol. The van der Waals surface area contributed by atoms with Crippen molar-refractivity contribution in [1.82, 2.24) is 0 Å². The molecule has 5 heteroatoms. The van der Waals surface area contributed by atoms with Gasteiger partial charge in [-0.15, -0.1) is 0 Å². The van der Waals surface area contributed by atoms with E-state index in [9.17, 15) is 9.59 Å². The molecule has 0 aliphatic rings. The van der Waals surface area contributed by atoms with Gasteiger partial charge in [0, 0.05) is 5.56 Å². The number of benzene rings is 1. The number of rotatable bonds is 4. The molecule has 0 fully saturated rings. The van der Waals surface area contributed by atoms with Crippen molar-refractivity contribution < 1.29 is 19.4 Å². The van der Waals surface area contributed by atoms with Crippen molar-refractivity contribution in [2.24, 2.45) is 0 Å². The van der Waals surface area contributed by atoms with Gasteiger partial charge in [-0.05, 0) is 18.2 Å². The number of aliphatic carboxylic acids is 1. The highest BCUT2D eigenvalue weighted by Gasteiger charge is 2.12. The molecule has 0 amide bonds. The van der Waals surface area contributed by atoms with E-state index in [0.29, 0.717) is 10.8 Å². The van der Waals surface area contributed by atoms with Crippen LogP contribution in [0.25, 0.3) is 0 Å². The monoisotopic (exact) mass is 228 g/mol. The summed E-state index contributed by atoms with van der Waals surface area (Å²) in [5, 5.41) is 8.83. The van der Waals surface area contributed by atoms with Gasteiger partial charge in [0.1, 0.15) is 12.2 Å². The SMILES string of the molecule is COc1cc(C(=O)CC(=O)O)ccc1Cl. The van der Waals surface area contributed by atoms with Crippen LogP contribution in [0.4, 0.5) is 0 Å². The first-order chi connectivity index (χ1) is 7.04. The molecule has 0 bridgehead atoms. The van der Waals surface area contributed by atoms with Crippen molar-refractivity contribution in [2.45, 2.75) is 6.42 Å². The number of hydrogen-bond donors (Lipinski definition) is 1. The first-order valence-electron chi connectivity index (χ1n) is 4.13. The Balaban J connectivity index is 2.95. The molecule has 0 heterocycles. The summed E-state index contributed by atoms with van der Waals surface area (Å²) in [4.78, 5) is 21.7. The molecule has 0 aliphatic carbocycles. The van der Waals surface area contributed by atoms with E-state index in [1.807, 2.05) is 0 Å². The van der Waals surface area contributed by atoms with Gasteiger partial charge in [0.05, 0.1) is 12.1 Å². The lowest BCUT2D eigenvalue weighted by molar-refractivity contribution is -0.135. The summed E-state index contributed by atoms with van der Waals surface area (Å²) in [6.45, 7) is 0. The molecule has 0 atom stereocenters. The maximum Gasteiger partial charge on any atom is 0.311 e. The minimum absolute atomic E-state index is 0.277. The Labute approximate surface area is 91.4 Å². The van der Waals surface area contributed by atoms with Gasteiger partial charge < -0.3 is 9.84 Å². The number of methoxy groups -OCH3 is 1. The van der Waals surface area contributed by atoms with Crippen LogP contribution in [-0.2, 0) is 4.79 Å². The fourth-order valence-corrected chi connectivity index (χ4v) is 1.27. The molecule has 1 rings (SSSR count). The van der Waals surface area contributed by atoms with Gasteiger partial charge in [0.15, 0.2) is 5.78 Å². The van der Waals surface area contributed by atoms with E-state index in [1.54, 1.807) is 0 Å². The lowest BCUT2D eigenvalue weighted by Gasteiger charge is -2.04. The van der Waals surface area contributed by atoms with Crippen molar-refractivity contribution in [3.8, 4) is 5.75 Å². The molecular weight excluding hydrogens is 220 g/mol. The van der Waals surface area contributed by atoms with E-state index < -0.39 is 18.2 Å². The summed E-state index contributed by atoms with van der Waals surface area (Å²) < 4.78 is 4.91. The molecule has 0 saturated heterocycles. The van der Waals surface area contributed by atoms with Crippen LogP contribution in [0.2, 0.25) is 5.02 Å². The van der Waals surface area contributed by atoms with Gasteiger partial charge in [0.2, 0.25) is 0 Å². The van der Waals surface area contributed by atoms with Crippen LogP contribution in [-0.4, -0.2) is 24.0 Å². The fraction of sp³-hybridized carbons (Fsp3) is 0.200. The van der Waals surface area contributed by atoms with E-state index in [1.165, 1.54) is 25.3 Å². The van der Waals surface area contributed by atoms with Crippen LogP contribution in [0.5, 0.6) is 5.75 Å². The smallest absolute Gasteiger partial charge is 0.311 e. The Kier molecular flexibility index (Phi) is 3.68. The minimum Gasteiger partial charge on any atom is -0.495 e. The number of carbonyl (C=O) groups is 2. The molecule has 1 aromatic rings. The van der Waals surface area contributed by atoms with Crippen LogP contribution in [0.15, 0.2) is 18.2 Å². The molecule has 0 aromatic heterocycles. The third kappa shape index (κ3) is 2.95. The maximum absolute atomic E-state index is 11.4. The number of ketones is 1. The summed E-state index contributed by atoms with van der Waals surface area (Å²) in [7, 11) is 1.42. The highest BCUT2D eigenvalue weighted by Crippen LogP contribution is 2.25. The number of hydrogen-bond acceptors (Lipinski definition) is 3. The normalized spacial score (nSPS) is 9.73. The summed E-state index contributed by atoms with van der Waals surface area (Å²) in [6.07, 6.45) is -0.537. The standard InChI is InChI=1S/C10H9ClO4/c1-15-9-4-6(2-3-7(9)11)8(12)5-10(13)14/h2-4H,5H2,1H3,(H,13,14). The second-order valence-corrected chi connectivity index (χ2v) is 3.25. The molecular formula is C10H9ClO4. The quantitative estimate of drug-likeness (QED) is 0.633. The van der Waals surface area contributed by atoms with Gasteiger partial charge in [-0.3, -0.25) is 9.59 Å². The zero-order valence-electron chi connectivity index (χ0n) is 7.99. The Morgan fingerprint density at radius 2 is 2.13 bits per heavy atom. The van der Waals surface area contributed by atoms with Gasteiger partial charge >= 0.3 is 5.97 Å². The lowest BCUT2D eigenvalue weighted by atomic mass is 10.1. The van der Waals surface area contributed by atoms with Gasteiger partial charge in [-0.2, -0.15) is 0 Å². The Morgan fingerprint density at radius 3 is 2.67 bits per heavy atom. The molecule has 0 unspecified atom stereocenters. The van der Waals surface area contributed by atoms with Crippen molar-refractivity contribution in [1.29, 1.82) is 0 Å². The number of ether oxygens (including phenoxy) is 1. The Morgan fingerprint density at radius 1 is 1.47 bits per heavy atom. The van der Waals surface area contributed by atoms with E-state index in [4.69, 9.17) is 21.4 Å². The van der Waals surface area contributed by atoms with E-state index >= 15 is 0 Å². The van der Waals surface area contributed by atoms with Crippen molar-refractivity contribution in [3.05, 3.63) is 28.8 Å². The van der Waals surface area contributed by atoms with Gasteiger partial charge in [-0.25, -0.2) is 0 Å². The molecule has 15 heavy (non-hydrogen) atoms. The molecule has 0 saturated carbocycles. The van der Waals surface area contributed by atoms with Crippen LogP contribution in [0.1, 0.15) is 16.8 Å². The van der Waals surface area contributed by atoms with Crippen LogP contribution in [0, 0.1) is 0 Å². The number of Topliss-reactive ketones (excluding diaryl/α,β-unsaturated/α-hetero) is 1. The second kappa shape index (κ2) is 4.79. The number of carbonyl (C=O) groups excluding carboxylic acids is 1. The summed E-state index contributed by atoms with van der Waals surface area (Å²) in [5.74, 6) is -1.28. The van der Waals surface area contributed by atoms with Gasteiger partial charge in [-0.1, -0.05) is 11.6 Å². The molecule has 0 radical (unpaired) electrons. The maximum atomic E-state index is 11.4. The zero-order valence-corrected chi connectivity index (χ0v) is 8.75. The molecule has 80 valence electrons. The van der Waals surface area contributed by atoms with Crippen molar-refractivity contribution in [3.63, 3.8) is 0 Å². The number of carboxylic acids is 1. The molecule has 1 aromatic carbocycles. The van der Waals surface area contributed by atoms with Crippen molar-refractivity contribution in [2.75, 3.05) is 7.11 Å². The van der Waals surface area contributed by atoms with E-state index in [-0.39, 0.29) is 5.56 Å². The van der Waals surface area contributed by atoms with E-state index in [2.05, 4.69) is 0 Å². The van der Waals surface area contributed by atoms with Crippen LogP contribution >= 0.6 is 11.6 Å². The highest BCUT2D eigenvalue weighted by atomic mass is 35.5. The van der Waals surface area contributed by atoms with Crippen LogP contribution in [0.3, 0.4) is 0 Å².